The molecule has 2 aromatic rings. The number of nitrogens with zero attached hydrogens (tertiary/aromatic N) is 2. The first-order valence-electron chi connectivity index (χ1n) is 5.12. The van der Waals surface area contributed by atoms with Gasteiger partial charge in [-0.25, -0.2) is 0 Å². The lowest BCUT2D eigenvalue weighted by Crippen LogP contribution is -2.10. The summed E-state index contributed by atoms with van der Waals surface area (Å²) in [5.74, 6) is 0.0168. The van der Waals surface area contributed by atoms with Crippen molar-refractivity contribution < 1.29 is 4.79 Å². The molecule has 2 aromatic heterocycles. The Kier molecular flexibility index (Phi) is 3.32. The molecule has 0 fully saturated rings. The minimum absolute atomic E-state index is 0.0168. The fourth-order valence-electron chi connectivity index (χ4n) is 1.40. The van der Waals surface area contributed by atoms with Crippen LogP contribution in [0.15, 0.2) is 24.7 Å². The molecule has 84 valence electrons. The highest BCUT2D eigenvalue weighted by Gasteiger charge is 2.03. The van der Waals surface area contributed by atoms with Gasteiger partial charge in [0.2, 0.25) is 5.91 Å². The Labute approximate surface area is 92.5 Å². The Morgan fingerprint density at radius 2 is 2.44 bits per heavy atom. The number of carbonyl (C=O) groups excluding carboxylic acids is 1. The Bertz CT molecular complexity index is 420. The van der Waals surface area contributed by atoms with E-state index in [4.69, 9.17) is 0 Å². The van der Waals surface area contributed by atoms with Crippen LogP contribution in [0, 0.1) is 0 Å². The van der Waals surface area contributed by atoms with Crippen molar-refractivity contribution in [3.05, 3.63) is 30.4 Å². The first kappa shape index (κ1) is 10.4. The maximum atomic E-state index is 11.5. The van der Waals surface area contributed by atoms with E-state index in [1.807, 2.05) is 6.07 Å². The van der Waals surface area contributed by atoms with E-state index in [1.165, 1.54) is 0 Å². The van der Waals surface area contributed by atoms with Crippen LogP contribution < -0.4 is 5.32 Å². The highest BCUT2D eigenvalue weighted by Crippen LogP contribution is 2.06. The summed E-state index contributed by atoms with van der Waals surface area (Å²) in [5, 5.41) is 12.9. The van der Waals surface area contributed by atoms with Crippen LogP contribution in [0.5, 0.6) is 0 Å². The lowest BCUT2D eigenvalue weighted by atomic mass is 10.2. The summed E-state index contributed by atoms with van der Waals surface area (Å²) < 4.78 is 0. The fraction of sp³-hybridized carbons (Fsp3) is 0.300. The number of amides is 1. The number of aromatic nitrogens is 4. The molecule has 2 rings (SSSR count). The third-order valence-corrected chi connectivity index (χ3v) is 2.18. The topological polar surface area (TPSA) is 86.5 Å². The molecule has 0 aromatic carbocycles. The van der Waals surface area contributed by atoms with Crippen molar-refractivity contribution in [2.45, 2.75) is 19.3 Å². The molecule has 0 spiro atoms. The average Bonchev–Trinajstić information content (AvgIpc) is 2.90. The molecule has 0 bridgehead atoms. The maximum Gasteiger partial charge on any atom is 0.224 e. The smallest absolute Gasteiger partial charge is 0.224 e. The highest BCUT2D eigenvalue weighted by molar-refractivity contribution is 5.90. The van der Waals surface area contributed by atoms with Crippen LogP contribution in [0.3, 0.4) is 0 Å². The lowest BCUT2D eigenvalue weighted by molar-refractivity contribution is -0.116. The van der Waals surface area contributed by atoms with Gasteiger partial charge in [0.05, 0.1) is 17.6 Å². The summed E-state index contributed by atoms with van der Waals surface area (Å²) in [4.78, 5) is 14.3. The molecular weight excluding hydrogens is 206 g/mol. The van der Waals surface area contributed by atoms with Crippen molar-refractivity contribution in [3.8, 4) is 0 Å². The van der Waals surface area contributed by atoms with E-state index in [0.29, 0.717) is 6.42 Å². The van der Waals surface area contributed by atoms with Crippen molar-refractivity contribution in [1.82, 2.24) is 20.4 Å². The predicted octanol–water partition coefficient (Wildman–Crippen LogP) is 1.09. The number of carbonyl (C=O) groups is 1. The van der Waals surface area contributed by atoms with Crippen molar-refractivity contribution in [3.63, 3.8) is 0 Å². The zero-order valence-electron chi connectivity index (χ0n) is 8.73. The highest BCUT2D eigenvalue weighted by atomic mass is 16.1. The zero-order chi connectivity index (χ0) is 11.2. The van der Waals surface area contributed by atoms with Gasteiger partial charge >= 0.3 is 0 Å². The summed E-state index contributed by atoms with van der Waals surface area (Å²) in [6.07, 6.45) is 7.20. The molecule has 0 unspecified atom stereocenters. The molecule has 0 radical (unpaired) electrons. The molecule has 2 heterocycles. The van der Waals surface area contributed by atoms with E-state index in [2.05, 4.69) is 25.7 Å². The standard InChI is InChI=1S/C10H13N5O/c16-10(13-8-4-5-11-6-8)3-1-2-9-7-12-15-14-9/h4-7,11H,1-3H2,(H,13,16)(H,12,14,15). The second-order valence-electron chi connectivity index (χ2n) is 3.46. The van der Waals surface area contributed by atoms with Crippen LogP contribution in [0.2, 0.25) is 0 Å². The minimum atomic E-state index is 0.0168. The van der Waals surface area contributed by atoms with Gasteiger partial charge in [0.15, 0.2) is 0 Å². The van der Waals surface area contributed by atoms with Crippen LogP contribution in [0.25, 0.3) is 0 Å². The van der Waals surface area contributed by atoms with Crippen molar-refractivity contribution in [2.24, 2.45) is 0 Å². The molecule has 0 atom stereocenters. The molecular formula is C10H13N5O. The quantitative estimate of drug-likeness (QED) is 0.703. The van der Waals surface area contributed by atoms with E-state index in [1.54, 1.807) is 18.6 Å². The molecule has 1 amide bonds. The Morgan fingerprint density at radius 3 is 3.12 bits per heavy atom. The Morgan fingerprint density at radius 1 is 1.50 bits per heavy atom. The summed E-state index contributed by atoms with van der Waals surface area (Å²) in [6, 6.07) is 1.82. The molecule has 0 aliphatic heterocycles. The molecule has 6 nitrogen and oxygen atoms in total. The van der Waals surface area contributed by atoms with Gasteiger partial charge in [-0.2, -0.15) is 15.4 Å². The van der Waals surface area contributed by atoms with Gasteiger partial charge in [-0.05, 0) is 18.9 Å². The number of anilines is 1. The molecule has 0 saturated heterocycles. The third kappa shape index (κ3) is 2.94. The van der Waals surface area contributed by atoms with Crippen molar-refractivity contribution in [2.75, 3.05) is 5.32 Å². The Hall–Kier alpha value is -2.11. The van der Waals surface area contributed by atoms with Crippen LogP contribution in [0.1, 0.15) is 18.5 Å². The molecule has 0 aliphatic carbocycles. The normalized spacial score (nSPS) is 10.2. The molecule has 16 heavy (non-hydrogen) atoms. The number of aromatic amines is 2. The van der Waals surface area contributed by atoms with Gasteiger partial charge in [0.25, 0.3) is 0 Å². The summed E-state index contributed by atoms with van der Waals surface area (Å²) >= 11 is 0. The van der Waals surface area contributed by atoms with Crippen LogP contribution in [-0.4, -0.2) is 26.3 Å². The third-order valence-electron chi connectivity index (χ3n) is 2.18. The number of hydrogen-bond donors (Lipinski definition) is 3. The van der Waals surface area contributed by atoms with E-state index in [9.17, 15) is 4.79 Å². The first-order chi connectivity index (χ1) is 7.84. The SMILES string of the molecule is O=C(CCCc1cn[nH]n1)Nc1cc[nH]c1. The van der Waals surface area contributed by atoms with Gasteiger partial charge in [-0.1, -0.05) is 0 Å². The maximum absolute atomic E-state index is 11.5. The number of hydrogen-bond acceptors (Lipinski definition) is 3. The monoisotopic (exact) mass is 219 g/mol. The average molecular weight is 219 g/mol. The zero-order valence-corrected chi connectivity index (χ0v) is 8.73. The fourth-order valence-corrected chi connectivity index (χ4v) is 1.40. The van der Waals surface area contributed by atoms with E-state index in [-0.39, 0.29) is 5.91 Å². The van der Waals surface area contributed by atoms with E-state index >= 15 is 0 Å². The van der Waals surface area contributed by atoms with Crippen LogP contribution in [0.4, 0.5) is 5.69 Å². The lowest BCUT2D eigenvalue weighted by Gasteiger charge is -2.01. The number of aryl methyl sites for hydroxylation is 1. The number of nitrogens with one attached hydrogen (secondary N) is 3. The van der Waals surface area contributed by atoms with Crippen LogP contribution in [-0.2, 0) is 11.2 Å². The molecule has 0 saturated carbocycles. The number of rotatable bonds is 5. The first-order valence-corrected chi connectivity index (χ1v) is 5.12. The summed E-state index contributed by atoms with van der Waals surface area (Å²) in [7, 11) is 0. The van der Waals surface area contributed by atoms with Gasteiger partial charge in [-0.3, -0.25) is 4.79 Å². The molecule has 0 aliphatic rings. The van der Waals surface area contributed by atoms with Gasteiger partial charge in [0, 0.05) is 18.8 Å². The molecule has 3 N–H and O–H groups in total. The van der Waals surface area contributed by atoms with Crippen molar-refractivity contribution in [1.29, 1.82) is 0 Å². The van der Waals surface area contributed by atoms with Gasteiger partial charge < -0.3 is 10.3 Å². The van der Waals surface area contributed by atoms with E-state index < -0.39 is 0 Å². The summed E-state index contributed by atoms with van der Waals surface area (Å²) in [6.45, 7) is 0. The Balaban J connectivity index is 1.68. The molecule has 6 heteroatoms. The second kappa shape index (κ2) is 5.11. The number of H-pyrrole nitrogens is 2. The largest absolute Gasteiger partial charge is 0.366 e. The predicted molar refractivity (Wildman–Crippen MR) is 58.7 cm³/mol. The second-order valence-corrected chi connectivity index (χ2v) is 3.46. The van der Waals surface area contributed by atoms with Crippen LogP contribution >= 0.6 is 0 Å². The minimum Gasteiger partial charge on any atom is -0.366 e. The van der Waals surface area contributed by atoms with E-state index in [0.717, 1.165) is 24.2 Å². The summed E-state index contributed by atoms with van der Waals surface area (Å²) in [5.41, 5.74) is 1.68. The van der Waals surface area contributed by atoms with Gasteiger partial charge in [-0.15, -0.1) is 0 Å². The van der Waals surface area contributed by atoms with Crippen molar-refractivity contribution >= 4 is 11.6 Å². The van der Waals surface area contributed by atoms with Gasteiger partial charge in [0.1, 0.15) is 0 Å².